The van der Waals surface area contributed by atoms with Crippen molar-refractivity contribution < 1.29 is 9.13 Å². The Balaban J connectivity index is 2.42. The predicted octanol–water partition coefficient (Wildman–Crippen LogP) is 4.50. The molecule has 2 aromatic carbocycles. The number of halogens is 1. The van der Waals surface area contributed by atoms with Gasteiger partial charge in [0.2, 0.25) is 0 Å². The van der Waals surface area contributed by atoms with E-state index in [2.05, 4.69) is 20.8 Å². The van der Waals surface area contributed by atoms with Crippen LogP contribution in [0.3, 0.4) is 0 Å². The molecule has 0 bridgehead atoms. The average Bonchev–Trinajstić information content (AvgIpc) is 2.34. The molecule has 0 aliphatic heterocycles. The average molecular weight is 259 g/mol. The number of nitrogen functional groups attached to an aromatic ring is 1. The van der Waals surface area contributed by atoms with E-state index in [4.69, 9.17) is 10.5 Å². The van der Waals surface area contributed by atoms with Gasteiger partial charge in [-0.2, -0.15) is 0 Å². The largest absolute Gasteiger partial charge is 0.455 e. The van der Waals surface area contributed by atoms with E-state index in [-0.39, 0.29) is 11.1 Å². The molecule has 0 fully saturated rings. The number of benzene rings is 2. The Hall–Kier alpha value is -2.03. The quantitative estimate of drug-likeness (QED) is 0.806. The van der Waals surface area contributed by atoms with Crippen molar-refractivity contribution in [1.29, 1.82) is 0 Å². The molecule has 0 radical (unpaired) electrons. The van der Waals surface area contributed by atoms with E-state index in [1.807, 2.05) is 24.3 Å². The zero-order chi connectivity index (χ0) is 14.0. The second kappa shape index (κ2) is 4.92. The summed E-state index contributed by atoms with van der Waals surface area (Å²) in [6, 6.07) is 12.3. The zero-order valence-electron chi connectivity index (χ0n) is 11.4. The van der Waals surface area contributed by atoms with Crippen molar-refractivity contribution in [2.75, 3.05) is 5.73 Å². The van der Waals surface area contributed by atoms with Gasteiger partial charge in [-0.15, -0.1) is 0 Å². The lowest BCUT2D eigenvalue weighted by atomic mass is 9.86. The summed E-state index contributed by atoms with van der Waals surface area (Å²) in [5.74, 6) is 0.578. The summed E-state index contributed by atoms with van der Waals surface area (Å²) in [4.78, 5) is 0. The molecule has 3 heteroatoms. The topological polar surface area (TPSA) is 35.2 Å². The Morgan fingerprint density at radius 1 is 0.947 bits per heavy atom. The minimum atomic E-state index is -0.467. The highest BCUT2D eigenvalue weighted by Gasteiger charge is 2.19. The van der Waals surface area contributed by atoms with Crippen molar-refractivity contribution in [2.24, 2.45) is 0 Å². The van der Waals surface area contributed by atoms with Crippen LogP contribution in [-0.2, 0) is 5.41 Å². The van der Waals surface area contributed by atoms with Gasteiger partial charge < -0.3 is 10.5 Å². The van der Waals surface area contributed by atoms with Gasteiger partial charge in [-0.1, -0.05) is 45.0 Å². The molecule has 19 heavy (non-hydrogen) atoms. The number of anilines is 1. The van der Waals surface area contributed by atoms with E-state index >= 15 is 0 Å². The molecule has 0 aliphatic rings. The van der Waals surface area contributed by atoms with Gasteiger partial charge in [-0.25, -0.2) is 4.39 Å². The van der Waals surface area contributed by atoms with Gasteiger partial charge in [0.05, 0.1) is 0 Å². The van der Waals surface area contributed by atoms with Crippen LogP contribution >= 0.6 is 0 Å². The molecule has 0 aliphatic carbocycles. The van der Waals surface area contributed by atoms with Gasteiger partial charge in [0.25, 0.3) is 0 Å². The van der Waals surface area contributed by atoms with Gasteiger partial charge >= 0.3 is 0 Å². The SMILES string of the molecule is CC(C)(C)c1ccccc1Oc1cccc(F)c1N. The molecule has 0 heterocycles. The molecule has 2 N–H and O–H groups in total. The summed E-state index contributed by atoms with van der Waals surface area (Å²) in [6.45, 7) is 6.30. The molecule has 2 rings (SSSR count). The molecule has 0 atom stereocenters. The van der Waals surface area contributed by atoms with Crippen molar-refractivity contribution in [3.63, 3.8) is 0 Å². The number of hydrogen-bond acceptors (Lipinski definition) is 2. The van der Waals surface area contributed by atoms with Gasteiger partial charge in [0.15, 0.2) is 5.75 Å². The number of hydrogen-bond donors (Lipinski definition) is 1. The predicted molar refractivity (Wildman–Crippen MR) is 76.0 cm³/mol. The van der Waals surface area contributed by atoms with E-state index in [9.17, 15) is 4.39 Å². The highest BCUT2D eigenvalue weighted by molar-refractivity contribution is 5.55. The van der Waals surface area contributed by atoms with E-state index in [1.165, 1.54) is 6.07 Å². The second-order valence-electron chi connectivity index (χ2n) is 5.50. The Bertz CT molecular complexity index is 588. The van der Waals surface area contributed by atoms with Crippen molar-refractivity contribution in [3.05, 3.63) is 53.8 Å². The van der Waals surface area contributed by atoms with Crippen LogP contribution < -0.4 is 10.5 Å². The second-order valence-corrected chi connectivity index (χ2v) is 5.50. The summed E-state index contributed by atoms with van der Waals surface area (Å²) in [6.07, 6.45) is 0. The van der Waals surface area contributed by atoms with Crippen LogP contribution in [0.15, 0.2) is 42.5 Å². The number of ether oxygens (including phenoxy) is 1. The highest BCUT2D eigenvalue weighted by atomic mass is 19.1. The number of rotatable bonds is 2. The maximum atomic E-state index is 13.4. The van der Waals surface area contributed by atoms with Gasteiger partial charge in [0, 0.05) is 5.56 Å². The van der Waals surface area contributed by atoms with Crippen LogP contribution in [0.5, 0.6) is 11.5 Å². The van der Waals surface area contributed by atoms with E-state index in [1.54, 1.807) is 12.1 Å². The Kier molecular flexibility index (Phi) is 3.47. The van der Waals surface area contributed by atoms with Gasteiger partial charge in [-0.05, 0) is 23.6 Å². The molecule has 0 aromatic heterocycles. The lowest BCUT2D eigenvalue weighted by Crippen LogP contribution is -2.12. The maximum Gasteiger partial charge on any atom is 0.153 e. The fraction of sp³-hybridized carbons (Fsp3) is 0.250. The summed E-state index contributed by atoms with van der Waals surface area (Å²) in [5.41, 5.74) is 6.72. The summed E-state index contributed by atoms with van der Waals surface area (Å²) in [7, 11) is 0. The van der Waals surface area contributed by atoms with Crippen molar-refractivity contribution in [3.8, 4) is 11.5 Å². The number of para-hydroxylation sites is 2. The molecule has 0 spiro atoms. The Morgan fingerprint density at radius 2 is 1.58 bits per heavy atom. The summed E-state index contributed by atoms with van der Waals surface area (Å²) < 4.78 is 19.2. The fourth-order valence-electron chi connectivity index (χ4n) is 1.90. The smallest absolute Gasteiger partial charge is 0.153 e. The summed E-state index contributed by atoms with van der Waals surface area (Å²) in [5, 5.41) is 0. The molecule has 2 nitrogen and oxygen atoms in total. The molecule has 100 valence electrons. The van der Waals surface area contributed by atoms with E-state index < -0.39 is 5.82 Å². The normalized spacial score (nSPS) is 11.4. The minimum Gasteiger partial charge on any atom is -0.455 e. The van der Waals surface area contributed by atoms with Crippen LogP contribution in [0, 0.1) is 5.82 Å². The van der Waals surface area contributed by atoms with Crippen LogP contribution in [0.4, 0.5) is 10.1 Å². The first kappa shape index (κ1) is 13.4. The van der Waals surface area contributed by atoms with Gasteiger partial charge in [0.1, 0.15) is 17.3 Å². The first-order valence-electron chi connectivity index (χ1n) is 6.21. The monoisotopic (exact) mass is 259 g/mol. The fourth-order valence-corrected chi connectivity index (χ4v) is 1.90. The van der Waals surface area contributed by atoms with Crippen molar-refractivity contribution in [2.45, 2.75) is 26.2 Å². The van der Waals surface area contributed by atoms with Gasteiger partial charge in [-0.3, -0.25) is 0 Å². The maximum absolute atomic E-state index is 13.4. The first-order chi connectivity index (χ1) is 8.89. The number of nitrogens with two attached hydrogens (primary N) is 1. The third-order valence-electron chi connectivity index (χ3n) is 2.93. The third kappa shape index (κ3) is 2.87. The van der Waals surface area contributed by atoms with Crippen LogP contribution in [0.2, 0.25) is 0 Å². The minimum absolute atomic E-state index is 0.0335. The Labute approximate surface area is 113 Å². The van der Waals surface area contributed by atoms with Crippen molar-refractivity contribution >= 4 is 5.69 Å². The third-order valence-corrected chi connectivity index (χ3v) is 2.93. The first-order valence-corrected chi connectivity index (χ1v) is 6.21. The van der Waals surface area contributed by atoms with Crippen molar-refractivity contribution in [1.82, 2.24) is 0 Å². The lowest BCUT2D eigenvalue weighted by molar-refractivity contribution is 0.454. The summed E-state index contributed by atoms with van der Waals surface area (Å²) >= 11 is 0. The van der Waals surface area contributed by atoms with E-state index in [0.29, 0.717) is 11.5 Å². The van der Waals surface area contributed by atoms with Crippen LogP contribution in [-0.4, -0.2) is 0 Å². The van der Waals surface area contributed by atoms with Crippen LogP contribution in [0.1, 0.15) is 26.3 Å². The molecule has 0 amide bonds. The standard InChI is InChI=1S/C16H18FNO/c1-16(2,3)11-7-4-5-9-13(11)19-14-10-6-8-12(17)15(14)18/h4-10H,18H2,1-3H3. The molecule has 0 saturated carbocycles. The molecular weight excluding hydrogens is 241 g/mol. The molecule has 0 unspecified atom stereocenters. The highest BCUT2D eigenvalue weighted by Crippen LogP contribution is 2.36. The molecule has 0 saturated heterocycles. The van der Waals surface area contributed by atoms with E-state index in [0.717, 1.165) is 5.56 Å². The Morgan fingerprint density at radius 3 is 2.26 bits per heavy atom. The molecular formula is C16H18FNO. The lowest BCUT2D eigenvalue weighted by Gasteiger charge is -2.22. The molecule has 2 aromatic rings. The zero-order valence-corrected chi connectivity index (χ0v) is 11.4. The van der Waals surface area contributed by atoms with Crippen LogP contribution in [0.25, 0.3) is 0 Å².